The molecule has 18 heavy (non-hydrogen) atoms. The minimum absolute atomic E-state index is 0.892. The predicted molar refractivity (Wildman–Crippen MR) is 77.7 cm³/mol. The van der Waals surface area contributed by atoms with Crippen molar-refractivity contribution in [1.82, 2.24) is 9.88 Å². The summed E-state index contributed by atoms with van der Waals surface area (Å²) < 4.78 is 2.28. The number of hydrogen-bond acceptors (Lipinski definition) is 1. The molecule has 1 aromatic heterocycles. The Morgan fingerprint density at radius 1 is 1.28 bits per heavy atom. The van der Waals surface area contributed by atoms with E-state index in [4.69, 9.17) is 0 Å². The van der Waals surface area contributed by atoms with Gasteiger partial charge in [0.2, 0.25) is 0 Å². The first kappa shape index (κ1) is 13.7. The Bertz CT molecular complexity index is 392. The van der Waals surface area contributed by atoms with E-state index < -0.39 is 0 Å². The number of aryl methyl sites for hydroxylation is 1. The molecule has 0 bridgehead atoms. The topological polar surface area (TPSA) is 17.0 Å². The number of aromatic nitrogens is 1. The van der Waals surface area contributed by atoms with Crippen LogP contribution in [0, 0.1) is 25.7 Å². The summed E-state index contributed by atoms with van der Waals surface area (Å²) in [6.07, 6.45) is 5.71. The zero-order valence-corrected chi connectivity index (χ0v) is 12.4. The van der Waals surface area contributed by atoms with E-state index in [1.165, 1.54) is 49.2 Å². The molecule has 1 heterocycles. The quantitative estimate of drug-likeness (QED) is 0.862. The lowest BCUT2D eigenvalue weighted by Gasteiger charge is -2.28. The summed E-state index contributed by atoms with van der Waals surface area (Å²) in [6, 6.07) is 2.31. The molecule has 1 saturated carbocycles. The van der Waals surface area contributed by atoms with Crippen molar-refractivity contribution in [2.24, 2.45) is 18.9 Å². The highest BCUT2D eigenvalue weighted by atomic mass is 15.0. The average Bonchev–Trinajstić information content (AvgIpc) is 2.60. The molecular weight excluding hydrogens is 220 g/mol. The lowest BCUT2D eigenvalue weighted by molar-refractivity contribution is 0.247. The first-order valence-electron chi connectivity index (χ1n) is 7.42. The van der Waals surface area contributed by atoms with Crippen LogP contribution in [0.15, 0.2) is 6.07 Å². The predicted octanol–water partition coefficient (Wildman–Crippen LogP) is 3.56. The molecule has 1 aromatic rings. The Morgan fingerprint density at radius 3 is 2.61 bits per heavy atom. The van der Waals surface area contributed by atoms with Crippen LogP contribution in [-0.4, -0.2) is 11.1 Å². The van der Waals surface area contributed by atoms with Crippen molar-refractivity contribution < 1.29 is 0 Å². The van der Waals surface area contributed by atoms with Crippen molar-refractivity contribution in [3.8, 4) is 0 Å². The van der Waals surface area contributed by atoms with Crippen LogP contribution in [0.25, 0.3) is 0 Å². The van der Waals surface area contributed by atoms with Crippen molar-refractivity contribution in [1.29, 1.82) is 0 Å². The Hall–Kier alpha value is -0.760. The lowest BCUT2D eigenvalue weighted by atomic mass is 9.80. The molecule has 0 radical (unpaired) electrons. The molecule has 1 fully saturated rings. The summed E-state index contributed by atoms with van der Waals surface area (Å²) in [6.45, 7) is 9.03. The van der Waals surface area contributed by atoms with E-state index in [1.54, 1.807) is 0 Å². The van der Waals surface area contributed by atoms with Crippen LogP contribution >= 0.6 is 0 Å². The third-order valence-corrected chi connectivity index (χ3v) is 4.89. The molecular formula is C16H28N2. The van der Waals surface area contributed by atoms with Gasteiger partial charge in [-0.2, -0.15) is 0 Å². The van der Waals surface area contributed by atoms with Crippen LogP contribution in [0.5, 0.6) is 0 Å². The molecule has 0 aromatic carbocycles. The molecule has 1 aliphatic carbocycles. The van der Waals surface area contributed by atoms with Gasteiger partial charge in [0, 0.05) is 25.0 Å². The molecule has 0 aliphatic heterocycles. The van der Waals surface area contributed by atoms with Gasteiger partial charge in [0.1, 0.15) is 0 Å². The van der Waals surface area contributed by atoms with E-state index in [0.717, 1.165) is 18.4 Å². The third-order valence-electron chi connectivity index (χ3n) is 4.89. The lowest BCUT2D eigenvalue weighted by Crippen LogP contribution is -2.29. The largest absolute Gasteiger partial charge is 0.352 e. The summed E-state index contributed by atoms with van der Waals surface area (Å²) in [7, 11) is 2.15. The summed E-state index contributed by atoms with van der Waals surface area (Å²) in [5.74, 6) is 1.80. The Morgan fingerprint density at radius 2 is 2.00 bits per heavy atom. The van der Waals surface area contributed by atoms with E-state index >= 15 is 0 Å². The van der Waals surface area contributed by atoms with Crippen molar-refractivity contribution in [3.63, 3.8) is 0 Å². The molecule has 0 spiro atoms. The van der Waals surface area contributed by atoms with Gasteiger partial charge in [0.15, 0.2) is 0 Å². The molecule has 2 unspecified atom stereocenters. The number of rotatable bonds is 4. The third kappa shape index (κ3) is 2.97. The Balaban J connectivity index is 1.82. The molecule has 2 atom stereocenters. The van der Waals surface area contributed by atoms with Gasteiger partial charge in [-0.3, -0.25) is 0 Å². The molecule has 0 saturated heterocycles. The zero-order valence-electron chi connectivity index (χ0n) is 12.4. The van der Waals surface area contributed by atoms with Crippen LogP contribution in [0.1, 0.15) is 49.6 Å². The fourth-order valence-electron chi connectivity index (χ4n) is 3.20. The molecule has 1 aliphatic rings. The first-order valence-corrected chi connectivity index (χ1v) is 7.42. The van der Waals surface area contributed by atoms with Gasteiger partial charge < -0.3 is 9.88 Å². The first-order chi connectivity index (χ1) is 8.59. The van der Waals surface area contributed by atoms with Crippen LogP contribution in [0.2, 0.25) is 0 Å². The van der Waals surface area contributed by atoms with E-state index in [0.29, 0.717) is 0 Å². The van der Waals surface area contributed by atoms with Gasteiger partial charge in [-0.1, -0.05) is 26.2 Å². The second-order valence-electron chi connectivity index (χ2n) is 6.11. The van der Waals surface area contributed by atoms with Crippen molar-refractivity contribution >= 4 is 0 Å². The summed E-state index contributed by atoms with van der Waals surface area (Å²) >= 11 is 0. The van der Waals surface area contributed by atoms with E-state index in [1.807, 2.05) is 0 Å². The van der Waals surface area contributed by atoms with Gasteiger partial charge in [-0.25, -0.2) is 0 Å². The van der Waals surface area contributed by atoms with E-state index in [-0.39, 0.29) is 0 Å². The SMILES string of the molecule is Cc1cc(CNCC2CCCCC2C)c(C)n1C. The highest BCUT2D eigenvalue weighted by molar-refractivity contribution is 5.26. The molecule has 2 heteroatoms. The number of hydrogen-bond donors (Lipinski definition) is 1. The highest BCUT2D eigenvalue weighted by Gasteiger charge is 2.20. The molecule has 102 valence electrons. The minimum Gasteiger partial charge on any atom is -0.352 e. The highest BCUT2D eigenvalue weighted by Crippen LogP contribution is 2.28. The second-order valence-corrected chi connectivity index (χ2v) is 6.11. The number of nitrogens with one attached hydrogen (secondary N) is 1. The minimum atomic E-state index is 0.892. The standard InChI is InChI=1S/C16H28N2/c1-12-7-5-6-8-15(12)10-17-11-16-9-13(2)18(4)14(16)3/h9,12,15,17H,5-8,10-11H2,1-4H3. The monoisotopic (exact) mass is 248 g/mol. The smallest absolute Gasteiger partial charge is 0.0223 e. The molecule has 0 amide bonds. The maximum Gasteiger partial charge on any atom is 0.0223 e. The van der Waals surface area contributed by atoms with Gasteiger partial charge in [-0.15, -0.1) is 0 Å². The van der Waals surface area contributed by atoms with Gasteiger partial charge in [0.25, 0.3) is 0 Å². The van der Waals surface area contributed by atoms with Crippen molar-refractivity contribution in [2.45, 2.75) is 53.0 Å². The summed E-state index contributed by atoms with van der Waals surface area (Å²) in [5, 5.41) is 3.67. The Labute approximate surface area is 112 Å². The van der Waals surface area contributed by atoms with E-state index in [2.05, 4.69) is 43.8 Å². The fourth-order valence-corrected chi connectivity index (χ4v) is 3.20. The normalized spacial score (nSPS) is 24.4. The second kappa shape index (κ2) is 5.92. The van der Waals surface area contributed by atoms with Crippen LogP contribution in [0.4, 0.5) is 0 Å². The van der Waals surface area contributed by atoms with Crippen molar-refractivity contribution in [2.75, 3.05) is 6.54 Å². The van der Waals surface area contributed by atoms with Crippen LogP contribution in [-0.2, 0) is 13.6 Å². The summed E-state index contributed by atoms with van der Waals surface area (Å²) in [4.78, 5) is 0. The maximum absolute atomic E-state index is 3.67. The Kier molecular flexibility index (Phi) is 4.50. The molecule has 2 rings (SSSR count). The number of nitrogens with zero attached hydrogens (tertiary/aromatic N) is 1. The summed E-state index contributed by atoms with van der Waals surface area (Å²) in [5.41, 5.74) is 4.21. The van der Waals surface area contributed by atoms with Crippen LogP contribution < -0.4 is 5.32 Å². The van der Waals surface area contributed by atoms with Gasteiger partial charge >= 0.3 is 0 Å². The van der Waals surface area contributed by atoms with Gasteiger partial charge in [0.05, 0.1) is 0 Å². The molecule has 1 N–H and O–H groups in total. The maximum atomic E-state index is 3.67. The van der Waals surface area contributed by atoms with E-state index in [9.17, 15) is 0 Å². The average molecular weight is 248 g/mol. The molecule has 2 nitrogen and oxygen atoms in total. The zero-order chi connectivity index (χ0) is 13.1. The van der Waals surface area contributed by atoms with Crippen LogP contribution in [0.3, 0.4) is 0 Å². The van der Waals surface area contributed by atoms with Crippen molar-refractivity contribution in [3.05, 3.63) is 23.0 Å². The van der Waals surface area contributed by atoms with Gasteiger partial charge in [-0.05, 0) is 50.3 Å². The fraction of sp³-hybridized carbons (Fsp3) is 0.750.